The lowest BCUT2D eigenvalue weighted by atomic mass is 10.1. The third-order valence-corrected chi connectivity index (χ3v) is 5.02. The van der Waals surface area contributed by atoms with Crippen LogP contribution in [-0.4, -0.2) is 43.8 Å². The van der Waals surface area contributed by atoms with Gasteiger partial charge in [-0.2, -0.15) is 0 Å². The molecular weight excluding hydrogens is 340 g/mol. The molecule has 0 aliphatic carbocycles. The van der Waals surface area contributed by atoms with Crippen LogP contribution in [0.2, 0.25) is 0 Å². The van der Waals surface area contributed by atoms with Crippen LogP contribution in [0.1, 0.15) is 17.4 Å². The Balaban J connectivity index is 1.51. The smallest absolute Gasteiger partial charge is 0.127 e. The minimum Gasteiger partial charge on any atom is -0.497 e. The standard InChI is InChI=1S/C22H24N2O3/c1-25-19-8-7-18(21(12-19)26-2)14-24-9-10-27-22(15-24)20-11-16-5-3-4-6-17(16)13-23-20/h3-8,11-13,22H,9-10,14-15H2,1-2H3/t22-/m0/s1. The van der Waals surface area contributed by atoms with E-state index in [-0.39, 0.29) is 6.10 Å². The van der Waals surface area contributed by atoms with Gasteiger partial charge in [0.05, 0.1) is 26.5 Å². The van der Waals surface area contributed by atoms with Crippen molar-refractivity contribution in [3.63, 3.8) is 0 Å². The summed E-state index contributed by atoms with van der Waals surface area (Å²) in [7, 11) is 3.36. The van der Waals surface area contributed by atoms with Gasteiger partial charge in [-0.1, -0.05) is 30.3 Å². The summed E-state index contributed by atoms with van der Waals surface area (Å²) < 4.78 is 16.8. The molecule has 0 unspecified atom stereocenters. The zero-order valence-corrected chi connectivity index (χ0v) is 15.7. The fourth-order valence-electron chi connectivity index (χ4n) is 3.53. The molecule has 5 heteroatoms. The molecule has 0 bridgehead atoms. The molecule has 3 aromatic rings. The molecule has 1 atom stereocenters. The highest BCUT2D eigenvalue weighted by Crippen LogP contribution is 2.28. The van der Waals surface area contributed by atoms with Gasteiger partial charge in [0, 0.05) is 42.8 Å². The van der Waals surface area contributed by atoms with E-state index in [1.54, 1.807) is 14.2 Å². The number of morpholine rings is 1. The lowest BCUT2D eigenvalue weighted by Crippen LogP contribution is -2.38. The van der Waals surface area contributed by atoms with Crippen molar-refractivity contribution in [1.82, 2.24) is 9.88 Å². The van der Waals surface area contributed by atoms with Crippen LogP contribution >= 0.6 is 0 Å². The first-order chi connectivity index (χ1) is 13.3. The summed E-state index contributed by atoms with van der Waals surface area (Å²) in [5, 5.41) is 2.34. The number of nitrogens with zero attached hydrogens (tertiary/aromatic N) is 2. The summed E-state index contributed by atoms with van der Waals surface area (Å²) in [5.74, 6) is 1.65. The van der Waals surface area contributed by atoms with Crippen molar-refractivity contribution in [1.29, 1.82) is 0 Å². The monoisotopic (exact) mass is 364 g/mol. The summed E-state index contributed by atoms with van der Waals surface area (Å²) >= 11 is 0. The Morgan fingerprint density at radius 2 is 1.93 bits per heavy atom. The maximum atomic E-state index is 6.02. The van der Waals surface area contributed by atoms with Gasteiger partial charge in [-0.3, -0.25) is 9.88 Å². The predicted molar refractivity (Wildman–Crippen MR) is 105 cm³/mol. The fourth-order valence-corrected chi connectivity index (χ4v) is 3.53. The van der Waals surface area contributed by atoms with Crippen LogP contribution in [-0.2, 0) is 11.3 Å². The number of aromatic nitrogens is 1. The second-order valence-corrected chi connectivity index (χ2v) is 6.73. The number of pyridine rings is 1. The van der Waals surface area contributed by atoms with E-state index in [2.05, 4.69) is 40.2 Å². The van der Waals surface area contributed by atoms with Gasteiger partial charge in [-0.25, -0.2) is 0 Å². The molecule has 0 spiro atoms. The third kappa shape index (κ3) is 3.89. The van der Waals surface area contributed by atoms with Crippen molar-refractivity contribution in [2.24, 2.45) is 0 Å². The van der Waals surface area contributed by atoms with Gasteiger partial charge >= 0.3 is 0 Å². The SMILES string of the molecule is COc1ccc(CN2CCO[C@H](c3cc4ccccc4cn3)C2)c(OC)c1. The Kier molecular flexibility index (Phi) is 5.23. The Labute approximate surface area is 159 Å². The van der Waals surface area contributed by atoms with Crippen LogP contribution in [0, 0.1) is 0 Å². The summed E-state index contributed by atoms with van der Waals surface area (Å²) in [6.07, 6.45) is 1.91. The highest BCUT2D eigenvalue weighted by Gasteiger charge is 2.24. The van der Waals surface area contributed by atoms with Crippen LogP contribution in [0.25, 0.3) is 10.8 Å². The molecule has 1 fully saturated rings. The molecule has 0 radical (unpaired) electrons. The van der Waals surface area contributed by atoms with Gasteiger partial charge in [0.15, 0.2) is 0 Å². The van der Waals surface area contributed by atoms with Crippen molar-refractivity contribution in [2.75, 3.05) is 33.9 Å². The van der Waals surface area contributed by atoms with E-state index in [4.69, 9.17) is 14.2 Å². The molecular formula is C22H24N2O3. The number of hydrogen-bond donors (Lipinski definition) is 0. The molecule has 1 aliphatic heterocycles. The van der Waals surface area contributed by atoms with E-state index in [1.165, 1.54) is 5.39 Å². The molecule has 4 rings (SSSR count). The second-order valence-electron chi connectivity index (χ2n) is 6.73. The van der Waals surface area contributed by atoms with Crippen LogP contribution in [0.4, 0.5) is 0 Å². The number of hydrogen-bond acceptors (Lipinski definition) is 5. The lowest BCUT2D eigenvalue weighted by Gasteiger charge is -2.33. The van der Waals surface area contributed by atoms with E-state index in [0.29, 0.717) is 6.61 Å². The number of fused-ring (bicyclic) bond motifs is 1. The van der Waals surface area contributed by atoms with Crippen LogP contribution in [0.5, 0.6) is 11.5 Å². The van der Waals surface area contributed by atoms with Crippen molar-refractivity contribution < 1.29 is 14.2 Å². The molecule has 0 amide bonds. The Hall–Kier alpha value is -2.63. The van der Waals surface area contributed by atoms with E-state index < -0.39 is 0 Å². The van der Waals surface area contributed by atoms with Gasteiger partial charge < -0.3 is 14.2 Å². The molecule has 140 valence electrons. The number of rotatable bonds is 5. The zero-order valence-electron chi connectivity index (χ0n) is 15.7. The highest BCUT2D eigenvalue weighted by molar-refractivity contribution is 5.81. The van der Waals surface area contributed by atoms with Crippen LogP contribution < -0.4 is 9.47 Å². The molecule has 5 nitrogen and oxygen atoms in total. The van der Waals surface area contributed by atoms with Crippen molar-refractivity contribution in [3.8, 4) is 11.5 Å². The summed E-state index contributed by atoms with van der Waals surface area (Å²) in [4.78, 5) is 7.02. The van der Waals surface area contributed by atoms with Crippen molar-refractivity contribution >= 4 is 10.8 Å². The average Bonchev–Trinajstić information content (AvgIpc) is 2.74. The molecule has 1 saturated heterocycles. The first-order valence-corrected chi connectivity index (χ1v) is 9.16. The summed E-state index contributed by atoms with van der Waals surface area (Å²) in [6.45, 7) is 3.19. The fraction of sp³-hybridized carbons (Fsp3) is 0.318. The topological polar surface area (TPSA) is 43.8 Å². The van der Waals surface area contributed by atoms with Crippen molar-refractivity contribution in [3.05, 3.63) is 66.0 Å². The molecule has 1 aliphatic rings. The van der Waals surface area contributed by atoms with E-state index in [9.17, 15) is 0 Å². The minimum absolute atomic E-state index is 0.0207. The average molecular weight is 364 g/mol. The predicted octanol–water partition coefficient (Wildman–Crippen LogP) is 3.83. The maximum absolute atomic E-state index is 6.02. The number of ether oxygens (including phenoxy) is 3. The molecule has 27 heavy (non-hydrogen) atoms. The van der Waals surface area contributed by atoms with E-state index in [0.717, 1.165) is 47.8 Å². The second kappa shape index (κ2) is 7.94. The van der Waals surface area contributed by atoms with Gasteiger partial charge in [-0.05, 0) is 17.5 Å². The molecule has 0 saturated carbocycles. The van der Waals surface area contributed by atoms with Crippen LogP contribution in [0.3, 0.4) is 0 Å². The largest absolute Gasteiger partial charge is 0.497 e. The lowest BCUT2D eigenvalue weighted by molar-refractivity contribution is -0.0350. The van der Waals surface area contributed by atoms with Gasteiger partial charge in [0.25, 0.3) is 0 Å². The van der Waals surface area contributed by atoms with Gasteiger partial charge in [0.2, 0.25) is 0 Å². The van der Waals surface area contributed by atoms with Gasteiger partial charge in [-0.15, -0.1) is 0 Å². The van der Waals surface area contributed by atoms with E-state index >= 15 is 0 Å². The van der Waals surface area contributed by atoms with Crippen LogP contribution in [0.15, 0.2) is 54.7 Å². The Bertz CT molecular complexity index is 928. The first kappa shape index (κ1) is 17.8. The highest BCUT2D eigenvalue weighted by atomic mass is 16.5. The maximum Gasteiger partial charge on any atom is 0.127 e. The van der Waals surface area contributed by atoms with E-state index in [1.807, 2.05) is 24.4 Å². The number of benzene rings is 2. The zero-order chi connectivity index (χ0) is 18.6. The third-order valence-electron chi connectivity index (χ3n) is 5.02. The summed E-state index contributed by atoms with van der Waals surface area (Å²) in [6, 6.07) is 16.4. The molecule has 1 aromatic heterocycles. The quantitative estimate of drug-likeness (QED) is 0.688. The molecule has 2 aromatic carbocycles. The number of methoxy groups -OCH3 is 2. The normalized spacial score (nSPS) is 17.8. The van der Waals surface area contributed by atoms with Crippen molar-refractivity contribution in [2.45, 2.75) is 12.6 Å². The Morgan fingerprint density at radius 3 is 2.74 bits per heavy atom. The molecule has 2 heterocycles. The Morgan fingerprint density at radius 1 is 1.07 bits per heavy atom. The minimum atomic E-state index is -0.0207. The summed E-state index contributed by atoms with van der Waals surface area (Å²) in [5.41, 5.74) is 2.13. The first-order valence-electron chi connectivity index (χ1n) is 9.16. The molecule has 0 N–H and O–H groups in total. The van der Waals surface area contributed by atoms with Gasteiger partial charge in [0.1, 0.15) is 17.6 Å².